The number of hydrogen-bond acceptors (Lipinski definition) is 4. The summed E-state index contributed by atoms with van der Waals surface area (Å²) < 4.78 is 4.95. The molecule has 0 aliphatic carbocycles. The molecule has 0 saturated heterocycles. The number of hydrogen-bond donors (Lipinski definition) is 0. The van der Waals surface area contributed by atoms with Crippen LogP contribution in [0.2, 0.25) is 5.02 Å². The van der Waals surface area contributed by atoms with Gasteiger partial charge >= 0.3 is 5.97 Å². The summed E-state index contributed by atoms with van der Waals surface area (Å²) in [7, 11) is 0. The van der Waals surface area contributed by atoms with Crippen molar-refractivity contribution in [3.63, 3.8) is 0 Å². The maximum absolute atomic E-state index is 11.7. The summed E-state index contributed by atoms with van der Waals surface area (Å²) in [5.74, 6) is -0.413. The van der Waals surface area contributed by atoms with E-state index in [0.717, 1.165) is 10.4 Å². The Kier molecular flexibility index (Phi) is 3.76. The van der Waals surface area contributed by atoms with Crippen molar-refractivity contribution in [1.29, 1.82) is 0 Å². The van der Waals surface area contributed by atoms with Crippen LogP contribution in [0.3, 0.4) is 0 Å². The van der Waals surface area contributed by atoms with Crippen molar-refractivity contribution >= 4 is 28.9 Å². The van der Waals surface area contributed by atoms with Gasteiger partial charge in [0.15, 0.2) is 5.69 Å². The number of halogens is 1. The van der Waals surface area contributed by atoms with E-state index in [2.05, 4.69) is 4.98 Å². The van der Waals surface area contributed by atoms with Crippen LogP contribution in [0.25, 0.3) is 10.4 Å². The van der Waals surface area contributed by atoms with Gasteiger partial charge in [-0.2, -0.15) is 0 Å². The minimum atomic E-state index is -0.413. The fourth-order valence-electron chi connectivity index (χ4n) is 1.43. The maximum atomic E-state index is 11.7. The lowest BCUT2D eigenvalue weighted by Gasteiger charge is -2.04. The first-order chi connectivity index (χ1) is 8.24. The van der Waals surface area contributed by atoms with Gasteiger partial charge < -0.3 is 4.74 Å². The van der Waals surface area contributed by atoms with Gasteiger partial charge in [0.05, 0.1) is 17.0 Å². The van der Waals surface area contributed by atoms with E-state index < -0.39 is 5.97 Å². The molecule has 1 aromatic heterocycles. The second-order valence-electron chi connectivity index (χ2n) is 3.23. The van der Waals surface area contributed by atoms with Crippen molar-refractivity contribution in [3.8, 4) is 10.4 Å². The second-order valence-corrected chi connectivity index (χ2v) is 4.49. The highest BCUT2D eigenvalue weighted by atomic mass is 35.5. The number of thiazole rings is 1. The molecule has 5 heteroatoms. The van der Waals surface area contributed by atoms with Gasteiger partial charge in [0.2, 0.25) is 0 Å². The Morgan fingerprint density at radius 1 is 1.47 bits per heavy atom. The standard InChI is InChI=1S/C12H10ClNO2S/c1-2-16-12(15)10-11(17-7-14-10)8-5-3-4-6-9(8)13/h3-7H,2H2,1H3. The molecule has 17 heavy (non-hydrogen) atoms. The first-order valence-electron chi connectivity index (χ1n) is 5.09. The Balaban J connectivity index is 2.44. The molecular weight excluding hydrogens is 258 g/mol. The molecule has 0 aliphatic rings. The molecule has 0 N–H and O–H groups in total. The molecule has 2 rings (SSSR count). The predicted molar refractivity (Wildman–Crippen MR) is 68.5 cm³/mol. The van der Waals surface area contributed by atoms with E-state index in [-0.39, 0.29) is 0 Å². The molecule has 0 radical (unpaired) electrons. The number of esters is 1. The van der Waals surface area contributed by atoms with Gasteiger partial charge in [-0.1, -0.05) is 29.8 Å². The molecule has 1 heterocycles. The predicted octanol–water partition coefficient (Wildman–Crippen LogP) is 3.64. The average molecular weight is 268 g/mol. The highest BCUT2D eigenvalue weighted by Gasteiger charge is 2.18. The monoisotopic (exact) mass is 267 g/mol. The summed E-state index contributed by atoms with van der Waals surface area (Å²) in [6.07, 6.45) is 0. The van der Waals surface area contributed by atoms with E-state index in [9.17, 15) is 4.79 Å². The molecule has 0 fully saturated rings. The number of ether oxygens (including phenoxy) is 1. The molecule has 88 valence electrons. The van der Waals surface area contributed by atoms with E-state index in [1.807, 2.05) is 18.2 Å². The van der Waals surface area contributed by atoms with Gasteiger partial charge in [0.1, 0.15) is 0 Å². The molecule has 2 aromatic rings. The van der Waals surface area contributed by atoms with E-state index >= 15 is 0 Å². The lowest BCUT2D eigenvalue weighted by atomic mass is 10.1. The quantitative estimate of drug-likeness (QED) is 0.797. The first-order valence-corrected chi connectivity index (χ1v) is 6.35. The van der Waals surface area contributed by atoms with Gasteiger partial charge in [-0.15, -0.1) is 11.3 Å². The van der Waals surface area contributed by atoms with Crippen molar-refractivity contribution < 1.29 is 9.53 Å². The fourth-order valence-corrected chi connectivity index (χ4v) is 2.53. The summed E-state index contributed by atoms with van der Waals surface area (Å²) in [4.78, 5) is 16.5. The van der Waals surface area contributed by atoms with E-state index in [1.54, 1.807) is 18.5 Å². The van der Waals surface area contributed by atoms with Gasteiger partial charge in [0.25, 0.3) is 0 Å². The van der Waals surface area contributed by atoms with E-state index in [1.165, 1.54) is 11.3 Å². The lowest BCUT2D eigenvalue weighted by Crippen LogP contribution is -2.06. The smallest absolute Gasteiger partial charge is 0.358 e. The molecule has 0 atom stereocenters. The van der Waals surface area contributed by atoms with Gasteiger partial charge in [0, 0.05) is 10.6 Å². The summed E-state index contributed by atoms with van der Waals surface area (Å²) in [6.45, 7) is 2.09. The third-order valence-corrected chi connectivity index (χ3v) is 3.34. The Hall–Kier alpha value is -1.39. The van der Waals surface area contributed by atoms with Crippen molar-refractivity contribution in [1.82, 2.24) is 4.98 Å². The molecule has 0 saturated carbocycles. The average Bonchev–Trinajstić information content (AvgIpc) is 2.79. The van der Waals surface area contributed by atoms with Crippen LogP contribution in [0.4, 0.5) is 0 Å². The highest BCUT2D eigenvalue weighted by Crippen LogP contribution is 2.33. The summed E-state index contributed by atoms with van der Waals surface area (Å²) >= 11 is 7.47. The Labute approximate surface area is 108 Å². The summed E-state index contributed by atoms with van der Waals surface area (Å²) in [6, 6.07) is 7.36. The van der Waals surface area contributed by atoms with Crippen LogP contribution < -0.4 is 0 Å². The first kappa shape index (κ1) is 12.1. The molecule has 1 aromatic carbocycles. The van der Waals surface area contributed by atoms with Crippen LogP contribution in [-0.4, -0.2) is 17.6 Å². The highest BCUT2D eigenvalue weighted by molar-refractivity contribution is 7.13. The normalized spacial score (nSPS) is 10.2. The Morgan fingerprint density at radius 2 is 2.24 bits per heavy atom. The zero-order valence-corrected chi connectivity index (χ0v) is 10.7. The van der Waals surface area contributed by atoms with Crippen LogP contribution >= 0.6 is 22.9 Å². The molecule has 0 bridgehead atoms. The summed E-state index contributed by atoms with van der Waals surface area (Å²) in [5, 5.41) is 0.599. The molecule has 0 spiro atoms. The number of carbonyl (C=O) groups is 1. The maximum Gasteiger partial charge on any atom is 0.358 e. The molecule has 0 aliphatic heterocycles. The number of aromatic nitrogens is 1. The minimum absolute atomic E-state index is 0.324. The third kappa shape index (κ3) is 2.48. The largest absolute Gasteiger partial charge is 0.461 e. The number of benzene rings is 1. The number of carbonyl (C=O) groups excluding carboxylic acids is 1. The van der Waals surface area contributed by atoms with E-state index in [4.69, 9.17) is 16.3 Å². The molecule has 0 unspecified atom stereocenters. The van der Waals surface area contributed by atoms with Crippen molar-refractivity contribution in [2.45, 2.75) is 6.92 Å². The summed E-state index contributed by atoms with van der Waals surface area (Å²) in [5.41, 5.74) is 2.75. The molecular formula is C12H10ClNO2S. The third-order valence-electron chi connectivity index (χ3n) is 2.15. The zero-order chi connectivity index (χ0) is 12.3. The number of nitrogens with zero attached hydrogens (tertiary/aromatic N) is 1. The van der Waals surface area contributed by atoms with E-state index in [0.29, 0.717) is 17.3 Å². The van der Waals surface area contributed by atoms with Crippen molar-refractivity contribution in [3.05, 3.63) is 40.5 Å². The van der Waals surface area contributed by atoms with Crippen LogP contribution in [0.1, 0.15) is 17.4 Å². The molecule has 3 nitrogen and oxygen atoms in total. The molecule has 0 amide bonds. The van der Waals surface area contributed by atoms with Gasteiger partial charge in [-0.05, 0) is 13.0 Å². The van der Waals surface area contributed by atoms with Gasteiger partial charge in [-0.25, -0.2) is 9.78 Å². The zero-order valence-electron chi connectivity index (χ0n) is 9.14. The SMILES string of the molecule is CCOC(=O)c1ncsc1-c1ccccc1Cl. The van der Waals surface area contributed by atoms with Crippen LogP contribution in [0.15, 0.2) is 29.8 Å². The van der Waals surface area contributed by atoms with Crippen molar-refractivity contribution in [2.75, 3.05) is 6.61 Å². The minimum Gasteiger partial charge on any atom is -0.461 e. The van der Waals surface area contributed by atoms with Crippen LogP contribution in [0.5, 0.6) is 0 Å². The number of rotatable bonds is 3. The second kappa shape index (κ2) is 5.29. The van der Waals surface area contributed by atoms with Gasteiger partial charge in [-0.3, -0.25) is 0 Å². The van der Waals surface area contributed by atoms with Crippen LogP contribution in [-0.2, 0) is 4.74 Å². The van der Waals surface area contributed by atoms with Crippen LogP contribution in [0, 0.1) is 0 Å². The Bertz CT molecular complexity index is 539. The van der Waals surface area contributed by atoms with Crippen molar-refractivity contribution in [2.24, 2.45) is 0 Å². The topological polar surface area (TPSA) is 39.2 Å². The lowest BCUT2D eigenvalue weighted by molar-refractivity contribution is 0.0521. The fraction of sp³-hybridized carbons (Fsp3) is 0.167. The Morgan fingerprint density at radius 3 is 2.94 bits per heavy atom.